The first-order chi connectivity index (χ1) is 6.81. The summed E-state index contributed by atoms with van der Waals surface area (Å²) in [7, 11) is 0. The monoisotopic (exact) mass is 211 g/mol. The van der Waals surface area contributed by atoms with Gasteiger partial charge in [0.05, 0.1) is 11.1 Å². The number of rotatable bonds is 4. The van der Waals surface area contributed by atoms with E-state index in [1.165, 1.54) is 17.9 Å². The molecular weight excluding hydrogens is 194 g/mol. The Morgan fingerprint density at radius 2 is 2.36 bits per heavy atom. The quantitative estimate of drug-likeness (QED) is 0.772. The molecule has 2 rings (SSSR count). The first kappa shape index (κ1) is 9.97. The molecule has 0 aromatic rings. The normalized spacial score (nSPS) is 26.3. The second-order valence-corrected chi connectivity index (χ2v) is 4.61. The highest BCUT2D eigenvalue weighted by Gasteiger charge is 2.25. The van der Waals surface area contributed by atoms with Gasteiger partial charge in [-0.25, -0.2) is 0 Å². The molecule has 0 amide bonds. The Morgan fingerprint density at radius 3 is 2.93 bits per heavy atom. The molecule has 0 saturated heterocycles. The third-order valence-electron chi connectivity index (χ3n) is 2.45. The van der Waals surface area contributed by atoms with E-state index < -0.39 is 0 Å². The van der Waals surface area contributed by atoms with Crippen LogP contribution in [0.3, 0.4) is 0 Å². The molecule has 2 nitrogen and oxygen atoms in total. The lowest BCUT2D eigenvalue weighted by Crippen LogP contribution is -2.28. The minimum Gasteiger partial charge on any atom is -0.491 e. The van der Waals surface area contributed by atoms with E-state index in [-0.39, 0.29) is 0 Å². The number of ether oxygens (including phenoxy) is 1. The van der Waals surface area contributed by atoms with Crippen molar-refractivity contribution < 1.29 is 4.74 Å². The van der Waals surface area contributed by atoms with Crippen LogP contribution in [0.15, 0.2) is 22.9 Å². The SMILES string of the molecule is CCC1C=C(OC2CC2)C=C(SC)N1. The number of nitrogens with one attached hydrogen (secondary N) is 1. The summed E-state index contributed by atoms with van der Waals surface area (Å²) in [4.78, 5) is 0. The zero-order chi connectivity index (χ0) is 9.97. The Kier molecular flexibility index (Phi) is 3.06. The van der Waals surface area contributed by atoms with Gasteiger partial charge in [-0.05, 0) is 31.6 Å². The number of dihydropyridines is 1. The molecule has 1 N–H and O–H groups in total. The summed E-state index contributed by atoms with van der Waals surface area (Å²) in [5.41, 5.74) is 0. The summed E-state index contributed by atoms with van der Waals surface area (Å²) in [5, 5.41) is 4.66. The van der Waals surface area contributed by atoms with Gasteiger partial charge in [-0.2, -0.15) is 0 Å². The summed E-state index contributed by atoms with van der Waals surface area (Å²) >= 11 is 1.75. The average molecular weight is 211 g/mol. The topological polar surface area (TPSA) is 21.3 Å². The van der Waals surface area contributed by atoms with Crippen LogP contribution in [-0.4, -0.2) is 18.4 Å². The van der Waals surface area contributed by atoms with Gasteiger partial charge >= 0.3 is 0 Å². The number of hydrogen-bond donors (Lipinski definition) is 1. The van der Waals surface area contributed by atoms with Gasteiger partial charge in [-0.3, -0.25) is 0 Å². The van der Waals surface area contributed by atoms with E-state index in [1.54, 1.807) is 11.8 Å². The van der Waals surface area contributed by atoms with Crippen molar-refractivity contribution >= 4 is 11.8 Å². The molecule has 0 spiro atoms. The molecule has 0 radical (unpaired) electrons. The van der Waals surface area contributed by atoms with Crippen molar-refractivity contribution in [3.8, 4) is 0 Å². The molecule has 3 heteroatoms. The Hall–Kier alpha value is -0.570. The van der Waals surface area contributed by atoms with E-state index >= 15 is 0 Å². The third-order valence-corrected chi connectivity index (χ3v) is 3.13. The molecular formula is C11H17NOS. The summed E-state index contributed by atoms with van der Waals surface area (Å²) in [6, 6.07) is 0.441. The van der Waals surface area contributed by atoms with Crippen LogP contribution in [-0.2, 0) is 4.74 Å². The molecule has 1 saturated carbocycles. The Balaban J connectivity index is 2.02. The third kappa shape index (κ3) is 2.47. The second-order valence-electron chi connectivity index (χ2n) is 3.76. The summed E-state index contributed by atoms with van der Waals surface area (Å²) in [5.74, 6) is 1.06. The fourth-order valence-corrected chi connectivity index (χ4v) is 1.93. The van der Waals surface area contributed by atoms with Crippen LogP contribution >= 0.6 is 11.8 Å². The van der Waals surface area contributed by atoms with Gasteiger partial charge in [0.25, 0.3) is 0 Å². The zero-order valence-corrected chi connectivity index (χ0v) is 9.56. The highest BCUT2D eigenvalue weighted by molar-refractivity contribution is 8.02. The van der Waals surface area contributed by atoms with Crippen LogP contribution < -0.4 is 5.32 Å². The lowest BCUT2D eigenvalue weighted by atomic mass is 10.1. The molecule has 1 heterocycles. The smallest absolute Gasteiger partial charge is 0.120 e. The lowest BCUT2D eigenvalue weighted by Gasteiger charge is -2.22. The van der Waals surface area contributed by atoms with Gasteiger partial charge < -0.3 is 10.1 Å². The van der Waals surface area contributed by atoms with Crippen LogP contribution in [0.5, 0.6) is 0 Å². The van der Waals surface area contributed by atoms with E-state index in [2.05, 4.69) is 30.6 Å². The summed E-state index contributed by atoms with van der Waals surface area (Å²) in [6.45, 7) is 2.19. The van der Waals surface area contributed by atoms with Gasteiger partial charge in [0.2, 0.25) is 0 Å². The standard InChI is InChI=1S/C11H17NOS/c1-3-8-6-10(13-9-4-5-9)7-11(12-8)14-2/h6-9,12H,3-5H2,1-2H3. The fraction of sp³-hybridized carbons (Fsp3) is 0.636. The second kappa shape index (κ2) is 4.30. The van der Waals surface area contributed by atoms with Gasteiger partial charge in [-0.15, -0.1) is 11.8 Å². The molecule has 2 aliphatic rings. The molecule has 1 aliphatic carbocycles. The molecule has 0 aromatic carbocycles. The minimum absolute atomic E-state index is 0.441. The maximum atomic E-state index is 5.80. The van der Waals surface area contributed by atoms with Gasteiger partial charge in [0.15, 0.2) is 0 Å². The van der Waals surface area contributed by atoms with Crippen molar-refractivity contribution in [3.63, 3.8) is 0 Å². The predicted octanol–water partition coefficient (Wildman–Crippen LogP) is 2.64. The predicted molar refractivity (Wildman–Crippen MR) is 61.0 cm³/mol. The zero-order valence-electron chi connectivity index (χ0n) is 8.75. The van der Waals surface area contributed by atoms with Crippen molar-refractivity contribution in [2.45, 2.75) is 38.3 Å². The van der Waals surface area contributed by atoms with Crippen LogP contribution in [0.1, 0.15) is 26.2 Å². The maximum absolute atomic E-state index is 5.80. The Labute approximate surface area is 89.8 Å². The average Bonchev–Trinajstić information content (AvgIpc) is 3.01. The summed E-state index contributed by atoms with van der Waals surface area (Å²) in [6.07, 6.45) is 10.4. The van der Waals surface area contributed by atoms with Gasteiger partial charge in [0.1, 0.15) is 5.76 Å². The van der Waals surface area contributed by atoms with Crippen molar-refractivity contribution in [2.24, 2.45) is 0 Å². The molecule has 1 unspecified atom stereocenters. The molecule has 78 valence electrons. The number of allylic oxidation sites excluding steroid dienone is 1. The molecule has 1 atom stereocenters. The van der Waals surface area contributed by atoms with Crippen molar-refractivity contribution in [1.82, 2.24) is 5.32 Å². The number of hydrogen-bond acceptors (Lipinski definition) is 3. The van der Waals surface area contributed by atoms with E-state index in [0.29, 0.717) is 12.1 Å². The van der Waals surface area contributed by atoms with Gasteiger partial charge in [0, 0.05) is 12.1 Å². The van der Waals surface area contributed by atoms with E-state index in [4.69, 9.17) is 4.74 Å². The van der Waals surface area contributed by atoms with Gasteiger partial charge in [-0.1, -0.05) is 6.92 Å². The van der Waals surface area contributed by atoms with Crippen LogP contribution in [0, 0.1) is 0 Å². The molecule has 0 bridgehead atoms. The summed E-state index contributed by atoms with van der Waals surface area (Å²) < 4.78 is 5.80. The maximum Gasteiger partial charge on any atom is 0.120 e. The van der Waals surface area contributed by atoms with E-state index in [0.717, 1.165) is 12.2 Å². The minimum atomic E-state index is 0.441. The fourth-order valence-electron chi connectivity index (χ4n) is 1.43. The first-order valence-electron chi connectivity index (χ1n) is 5.22. The highest BCUT2D eigenvalue weighted by Crippen LogP contribution is 2.29. The largest absolute Gasteiger partial charge is 0.491 e. The van der Waals surface area contributed by atoms with Crippen LogP contribution in [0.25, 0.3) is 0 Å². The molecule has 1 fully saturated rings. The van der Waals surface area contributed by atoms with Crippen molar-refractivity contribution in [2.75, 3.05) is 6.26 Å². The van der Waals surface area contributed by atoms with Crippen molar-refractivity contribution in [3.05, 3.63) is 22.9 Å². The van der Waals surface area contributed by atoms with Crippen molar-refractivity contribution in [1.29, 1.82) is 0 Å². The number of thioether (sulfide) groups is 1. The van der Waals surface area contributed by atoms with Crippen LogP contribution in [0.2, 0.25) is 0 Å². The Bertz CT molecular complexity index is 268. The molecule has 1 aliphatic heterocycles. The highest BCUT2D eigenvalue weighted by atomic mass is 32.2. The first-order valence-corrected chi connectivity index (χ1v) is 6.45. The van der Waals surface area contributed by atoms with E-state index in [1.807, 2.05) is 0 Å². The Morgan fingerprint density at radius 1 is 1.57 bits per heavy atom. The van der Waals surface area contributed by atoms with Crippen LogP contribution in [0.4, 0.5) is 0 Å². The molecule has 0 aromatic heterocycles. The van der Waals surface area contributed by atoms with E-state index in [9.17, 15) is 0 Å². The molecule has 14 heavy (non-hydrogen) atoms. The lowest BCUT2D eigenvalue weighted by molar-refractivity contribution is 0.205.